The van der Waals surface area contributed by atoms with Crippen LogP contribution in [0.4, 0.5) is 10.1 Å². The third-order valence-corrected chi connectivity index (χ3v) is 4.58. The predicted octanol–water partition coefficient (Wildman–Crippen LogP) is 0.489. The molecule has 0 saturated carbocycles. The molecule has 1 aromatic carbocycles. The first-order valence-electron chi connectivity index (χ1n) is 5.30. The largest absolute Gasteiger partial charge is 0.387 e. The minimum Gasteiger partial charge on any atom is -0.387 e. The molecule has 1 aromatic rings. The highest BCUT2D eigenvalue weighted by Crippen LogP contribution is 2.29. The summed E-state index contributed by atoms with van der Waals surface area (Å²) in [6.45, 7) is 1.30. The number of rotatable bonds is 3. The molecule has 19 heavy (non-hydrogen) atoms. The fourth-order valence-corrected chi connectivity index (χ4v) is 3.52. The van der Waals surface area contributed by atoms with E-state index >= 15 is 0 Å². The van der Waals surface area contributed by atoms with Gasteiger partial charge in [-0.1, -0.05) is 0 Å². The Morgan fingerprint density at radius 1 is 1.47 bits per heavy atom. The Bertz CT molecular complexity index is 635. The molecule has 0 radical (unpaired) electrons. The zero-order chi connectivity index (χ0) is 14.4. The van der Waals surface area contributed by atoms with Crippen LogP contribution in [0.5, 0.6) is 0 Å². The van der Waals surface area contributed by atoms with E-state index in [1.54, 1.807) is 0 Å². The van der Waals surface area contributed by atoms with E-state index in [1.165, 1.54) is 6.92 Å². The van der Waals surface area contributed by atoms with Crippen LogP contribution in [0, 0.1) is 15.9 Å². The van der Waals surface area contributed by atoms with E-state index in [9.17, 15) is 28.0 Å². The maximum atomic E-state index is 13.4. The third-order valence-electron chi connectivity index (χ3n) is 2.79. The Labute approximate surface area is 108 Å². The van der Waals surface area contributed by atoms with E-state index in [4.69, 9.17) is 0 Å². The van der Waals surface area contributed by atoms with Crippen LogP contribution in [-0.4, -0.2) is 41.4 Å². The van der Waals surface area contributed by atoms with Gasteiger partial charge in [0.05, 0.1) is 15.4 Å². The van der Waals surface area contributed by atoms with E-state index in [0.717, 1.165) is 16.4 Å². The molecule has 7 nitrogen and oxygen atoms in total. The van der Waals surface area contributed by atoms with Crippen LogP contribution < -0.4 is 0 Å². The molecule has 0 unspecified atom stereocenters. The zero-order valence-corrected chi connectivity index (χ0v) is 10.7. The molecular formula is C10H11FN2O5S. The first-order valence-corrected chi connectivity index (χ1v) is 6.74. The molecule has 0 aromatic heterocycles. The molecule has 0 bridgehead atoms. The van der Waals surface area contributed by atoms with E-state index in [0.29, 0.717) is 6.07 Å². The summed E-state index contributed by atoms with van der Waals surface area (Å²) in [7, 11) is -3.93. The molecule has 1 heterocycles. The number of benzene rings is 1. The molecular weight excluding hydrogens is 279 g/mol. The number of hydrogen-bond donors (Lipinski definition) is 1. The highest BCUT2D eigenvalue weighted by molar-refractivity contribution is 7.89. The first kappa shape index (κ1) is 13.8. The molecule has 0 spiro atoms. The second-order valence-corrected chi connectivity index (χ2v) is 6.58. The van der Waals surface area contributed by atoms with Crippen molar-refractivity contribution in [3.8, 4) is 0 Å². The molecule has 9 heteroatoms. The Morgan fingerprint density at radius 3 is 2.47 bits per heavy atom. The molecule has 0 amide bonds. The fourth-order valence-electron chi connectivity index (χ4n) is 1.83. The van der Waals surface area contributed by atoms with E-state index in [1.807, 2.05) is 0 Å². The van der Waals surface area contributed by atoms with Gasteiger partial charge in [0.15, 0.2) is 0 Å². The van der Waals surface area contributed by atoms with Gasteiger partial charge in [-0.15, -0.1) is 0 Å². The van der Waals surface area contributed by atoms with Gasteiger partial charge in [-0.05, 0) is 13.0 Å². The number of nitrogens with zero attached hydrogens (tertiary/aromatic N) is 2. The van der Waals surface area contributed by atoms with Crippen LogP contribution in [0.2, 0.25) is 0 Å². The van der Waals surface area contributed by atoms with Crippen molar-refractivity contribution in [3.63, 3.8) is 0 Å². The molecule has 1 aliphatic rings. The highest BCUT2D eigenvalue weighted by atomic mass is 32.2. The van der Waals surface area contributed by atoms with Gasteiger partial charge in [0.25, 0.3) is 0 Å². The number of nitro benzene ring substituents is 1. The second kappa shape index (κ2) is 4.22. The van der Waals surface area contributed by atoms with Gasteiger partial charge in [-0.3, -0.25) is 10.1 Å². The van der Waals surface area contributed by atoms with Crippen LogP contribution in [-0.2, 0) is 10.0 Å². The van der Waals surface area contributed by atoms with E-state index in [2.05, 4.69) is 0 Å². The van der Waals surface area contributed by atoms with Crippen molar-refractivity contribution in [1.29, 1.82) is 0 Å². The summed E-state index contributed by atoms with van der Waals surface area (Å²) in [6, 6.07) is 2.39. The first-order chi connectivity index (χ1) is 8.63. The molecule has 0 aliphatic carbocycles. The lowest BCUT2D eigenvalue weighted by molar-refractivity contribution is -0.387. The zero-order valence-electron chi connectivity index (χ0n) is 9.91. The van der Waals surface area contributed by atoms with Gasteiger partial charge in [-0.2, -0.15) is 8.70 Å². The van der Waals surface area contributed by atoms with E-state index < -0.39 is 32.1 Å². The Balaban J connectivity index is 2.33. The maximum absolute atomic E-state index is 13.4. The van der Waals surface area contributed by atoms with Crippen LogP contribution >= 0.6 is 0 Å². The summed E-state index contributed by atoms with van der Waals surface area (Å²) in [6.07, 6.45) is 0. The van der Waals surface area contributed by atoms with Crippen LogP contribution in [0.25, 0.3) is 0 Å². The maximum Gasteiger partial charge on any atom is 0.304 e. The van der Waals surface area contributed by atoms with Crippen LogP contribution in [0.3, 0.4) is 0 Å². The van der Waals surface area contributed by atoms with Crippen molar-refractivity contribution in [2.45, 2.75) is 17.4 Å². The molecule has 2 rings (SSSR count). The predicted molar refractivity (Wildman–Crippen MR) is 62.4 cm³/mol. The summed E-state index contributed by atoms with van der Waals surface area (Å²) in [4.78, 5) is 9.14. The average molecular weight is 290 g/mol. The molecule has 1 N–H and O–H groups in total. The Morgan fingerprint density at radius 2 is 2.05 bits per heavy atom. The molecule has 1 aliphatic heterocycles. The normalized spacial score (nSPS) is 18.9. The van der Waals surface area contributed by atoms with Crippen molar-refractivity contribution < 1.29 is 22.8 Å². The minimum atomic E-state index is -3.93. The van der Waals surface area contributed by atoms with Crippen molar-refractivity contribution in [2.75, 3.05) is 13.1 Å². The summed E-state index contributed by atoms with van der Waals surface area (Å²) < 4.78 is 38.4. The standard InChI is InChI=1S/C10H11FN2O5S/c1-10(14)5-12(6-10)19(17,18)7-2-3-9(13(15)16)8(11)4-7/h2-4,14H,5-6H2,1H3. The summed E-state index contributed by atoms with van der Waals surface area (Å²) in [5, 5.41) is 19.9. The highest BCUT2D eigenvalue weighted by Gasteiger charge is 2.44. The molecule has 0 atom stereocenters. The quantitative estimate of drug-likeness (QED) is 0.645. The minimum absolute atomic E-state index is 0.0893. The number of sulfonamides is 1. The van der Waals surface area contributed by atoms with Gasteiger partial charge >= 0.3 is 5.69 Å². The Hall–Kier alpha value is -1.58. The fraction of sp³-hybridized carbons (Fsp3) is 0.400. The lowest BCUT2D eigenvalue weighted by Gasteiger charge is -2.42. The number of aliphatic hydroxyl groups is 1. The topological polar surface area (TPSA) is 101 Å². The average Bonchev–Trinajstić information content (AvgIpc) is 2.25. The van der Waals surface area contributed by atoms with Crippen molar-refractivity contribution >= 4 is 15.7 Å². The lowest BCUT2D eigenvalue weighted by atomic mass is 10.0. The second-order valence-electron chi connectivity index (χ2n) is 4.64. The van der Waals surface area contributed by atoms with Gasteiger partial charge in [0.1, 0.15) is 0 Å². The van der Waals surface area contributed by atoms with Gasteiger partial charge in [0, 0.05) is 25.2 Å². The SMILES string of the molecule is CC1(O)CN(S(=O)(=O)c2ccc([N+](=O)[O-])c(F)c2)C1. The molecule has 104 valence electrons. The number of halogens is 1. The monoisotopic (exact) mass is 290 g/mol. The smallest absolute Gasteiger partial charge is 0.304 e. The lowest BCUT2D eigenvalue weighted by Crippen LogP contribution is -2.61. The number of nitro groups is 1. The molecule has 1 fully saturated rings. The summed E-state index contributed by atoms with van der Waals surface area (Å²) >= 11 is 0. The van der Waals surface area contributed by atoms with E-state index in [-0.39, 0.29) is 18.0 Å². The Kier molecular flexibility index (Phi) is 3.07. The van der Waals surface area contributed by atoms with Crippen molar-refractivity contribution in [1.82, 2.24) is 4.31 Å². The third kappa shape index (κ3) is 2.44. The summed E-state index contributed by atoms with van der Waals surface area (Å²) in [5.41, 5.74) is -1.87. The van der Waals surface area contributed by atoms with Crippen LogP contribution in [0.1, 0.15) is 6.92 Å². The van der Waals surface area contributed by atoms with Gasteiger partial charge in [0.2, 0.25) is 15.8 Å². The van der Waals surface area contributed by atoms with Crippen molar-refractivity contribution in [3.05, 3.63) is 34.1 Å². The van der Waals surface area contributed by atoms with Gasteiger partial charge in [-0.25, -0.2) is 8.42 Å². The van der Waals surface area contributed by atoms with Gasteiger partial charge < -0.3 is 5.11 Å². The number of hydrogen-bond acceptors (Lipinski definition) is 5. The number of β-amino-alcohol motifs (C(OH)–C–C–N with tert-alkyl or cyclic N) is 1. The summed E-state index contributed by atoms with van der Waals surface area (Å²) in [5.74, 6) is -1.21. The van der Waals surface area contributed by atoms with Crippen molar-refractivity contribution in [2.24, 2.45) is 0 Å². The molecule has 1 saturated heterocycles. The van der Waals surface area contributed by atoms with Crippen LogP contribution in [0.15, 0.2) is 23.1 Å².